The van der Waals surface area contributed by atoms with Crippen molar-refractivity contribution in [2.24, 2.45) is 0 Å². The third-order valence-corrected chi connectivity index (χ3v) is 5.69. The first kappa shape index (κ1) is 18.3. The molecule has 1 aromatic rings. The van der Waals surface area contributed by atoms with Crippen molar-refractivity contribution >= 4 is 11.8 Å². The van der Waals surface area contributed by atoms with Gasteiger partial charge in [-0.2, -0.15) is 0 Å². The molecule has 1 saturated heterocycles. The van der Waals surface area contributed by atoms with Crippen LogP contribution in [0.4, 0.5) is 0 Å². The molecule has 0 radical (unpaired) electrons. The average Bonchev–Trinajstić information content (AvgIpc) is 3.42. The third-order valence-electron chi connectivity index (χ3n) is 5.69. The van der Waals surface area contributed by atoms with Gasteiger partial charge in [-0.3, -0.25) is 9.59 Å². The van der Waals surface area contributed by atoms with Crippen molar-refractivity contribution in [3.8, 4) is 0 Å². The van der Waals surface area contributed by atoms with E-state index in [1.54, 1.807) is 11.1 Å². The summed E-state index contributed by atoms with van der Waals surface area (Å²) in [6, 6.07) is 0. The molecule has 2 amide bonds. The Morgan fingerprint density at radius 3 is 2.78 bits per heavy atom. The molecule has 1 aliphatic carbocycles. The molecule has 2 fully saturated rings. The van der Waals surface area contributed by atoms with E-state index in [0.29, 0.717) is 24.6 Å². The van der Waals surface area contributed by atoms with Crippen molar-refractivity contribution in [2.45, 2.75) is 50.9 Å². The number of likely N-dealkylation sites (tertiary alicyclic amines) is 1. The molecule has 2 aliphatic heterocycles. The SMILES string of the molecule is O=C(CN1CCCc2nc(C3CC3)ncc2C1=O)NCCCN1CCCC1. The van der Waals surface area contributed by atoms with Crippen LogP contribution in [0.15, 0.2) is 6.20 Å². The van der Waals surface area contributed by atoms with Crippen LogP contribution >= 0.6 is 0 Å². The molecular weight excluding hydrogens is 342 g/mol. The Kier molecular flexibility index (Phi) is 5.66. The second-order valence-electron chi connectivity index (χ2n) is 7.95. The zero-order valence-electron chi connectivity index (χ0n) is 16.0. The first-order chi connectivity index (χ1) is 13.2. The van der Waals surface area contributed by atoms with Crippen molar-refractivity contribution in [1.29, 1.82) is 0 Å². The normalized spacial score (nSPS) is 20.4. The summed E-state index contributed by atoms with van der Waals surface area (Å²) in [5.74, 6) is 1.17. The van der Waals surface area contributed by atoms with Gasteiger partial charge >= 0.3 is 0 Å². The Morgan fingerprint density at radius 1 is 1.19 bits per heavy atom. The molecule has 27 heavy (non-hydrogen) atoms. The molecule has 0 spiro atoms. The largest absolute Gasteiger partial charge is 0.355 e. The Morgan fingerprint density at radius 2 is 2.00 bits per heavy atom. The highest BCUT2D eigenvalue weighted by molar-refractivity contribution is 5.97. The number of hydrogen-bond donors (Lipinski definition) is 1. The van der Waals surface area contributed by atoms with Crippen molar-refractivity contribution in [3.63, 3.8) is 0 Å². The predicted octanol–water partition coefficient (Wildman–Crippen LogP) is 1.34. The van der Waals surface area contributed by atoms with E-state index in [4.69, 9.17) is 0 Å². The summed E-state index contributed by atoms with van der Waals surface area (Å²) in [5, 5.41) is 2.96. The van der Waals surface area contributed by atoms with Gasteiger partial charge in [-0.1, -0.05) is 0 Å². The highest BCUT2D eigenvalue weighted by Gasteiger charge is 2.30. The number of nitrogens with one attached hydrogen (secondary N) is 1. The number of hydrogen-bond acceptors (Lipinski definition) is 5. The summed E-state index contributed by atoms with van der Waals surface area (Å²) >= 11 is 0. The maximum Gasteiger partial charge on any atom is 0.257 e. The van der Waals surface area contributed by atoms with Gasteiger partial charge in [0, 0.05) is 25.2 Å². The van der Waals surface area contributed by atoms with Crippen LogP contribution in [-0.4, -0.2) is 70.9 Å². The first-order valence-corrected chi connectivity index (χ1v) is 10.3. The number of fused-ring (bicyclic) bond motifs is 1. The fourth-order valence-corrected chi connectivity index (χ4v) is 3.97. The summed E-state index contributed by atoms with van der Waals surface area (Å²) in [6.45, 7) is 4.78. The summed E-state index contributed by atoms with van der Waals surface area (Å²) < 4.78 is 0. The Labute approximate surface area is 160 Å². The smallest absolute Gasteiger partial charge is 0.257 e. The van der Waals surface area contributed by atoms with E-state index in [0.717, 1.165) is 50.2 Å². The van der Waals surface area contributed by atoms with Gasteiger partial charge in [0.2, 0.25) is 5.91 Å². The second-order valence-corrected chi connectivity index (χ2v) is 7.95. The molecule has 7 heteroatoms. The van der Waals surface area contributed by atoms with Gasteiger partial charge in [0.15, 0.2) is 0 Å². The van der Waals surface area contributed by atoms with Gasteiger partial charge < -0.3 is 15.1 Å². The van der Waals surface area contributed by atoms with Gasteiger partial charge in [0.05, 0.1) is 17.8 Å². The van der Waals surface area contributed by atoms with E-state index < -0.39 is 0 Å². The molecular formula is C20H29N5O2. The number of rotatable bonds is 7. The summed E-state index contributed by atoms with van der Waals surface area (Å²) in [7, 11) is 0. The van der Waals surface area contributed by atoms with Crippen LogP contribution < -0.4 is 5.32 Å². The van der Waals surface area contributed by atoms with Gasteiger partial charge in [-0.05, 0) is 64.6 Å². The van der Waals surface area contributed by atoms with Gasteiger partial charge in [-0.15, -0.1) is 0 Å². The fraction of sp³-hybridized carbons (Fsp3) is 0.700. The van der Waals surface area contributed by atoms with E-state index in [9.17, 15) is 9.59 Å². The van der Waals surface area contributed by atoms with Crippen LogP contribution in [0.3, 0.4) is 0 Å². The van der Waals surface area contributed by atoms with Crippen molar-refractivity contribution in [3.05, 3.63) is 23.3 Å². The van der Waals surface area contributed by atoms with E-state index in [2.05, 4.69) is 20.2 Å². The van der Waals surface area contributed by atoms with Crippen molar-refractivity contribution in [2.75, 3.05) is 39.3 Å². The average molecular weight is 371 g/mol. The van der Waals surface area contributed by atoms with Crippen molar-refractivity contribution in [1.82, 2.24) is 25.1 Å². The maximum atomic E-state index is 12.8. The van der Waals surface area contributed by atoms with E-state index in [-0.39, 0.29) is 18.4 Å². The molecule has 1 N–H and O–H groups in total. The molecule has 1 aromatic heterocycles. The topological polar surface area (TPSA) is 78.4 Å². The highest BCUT2D eigenvalue weighted by Crippen LogP contribution is 2.38. The number of aromatic nitrogens is 2. The second kappa shape index (κ2) is 8.33. The molecule has 0 atom stereocenters. The lowest BCUT2D eigenvalue weighted by molar-refractivity contribution is -0.121. The number of carbonyl (C=O) groups is 2. The first-order valence-electron chi connectivity index (χ1n) is 10.3. The number of amides is 2. The Hall–Kier alpha value is -2.02. The maximum absolute atomic E-state index is 12.8. The standard InChI is InChI=1S/C20H29N5O2/c26-18(21-8-4-11-24-9-1-2-10-24)14-25-12-3-5-17-16(20(25)27)13-22-19(23-17)15-6-7-15/h13,15H,1-12,14H2,(H,21,26). The van der Waals surface area contributed by atoms with Crippen LogP contribution in [0.25, 0.3) is 0 Å². The van der Waals surface area contributed by atoms with Gasteiger partial charge in [0.25, 0.3) is 5.91 Å². The molecule has 0 bridgehead atoms. The highest BCUT2D eigenvalue weighted by atomic mass is 16.2. The molecule has 0 unspecified atom stereocenters. The van der Waals surface area contributed by atoms with Gasteiger partial charge in [0.1, 0.15) is 5.82 Å². The minimum Gasteiger partial charge on any atom is -0.355 e. The van der Waals surface area contributed by atoms with Crippen LogP contribution in [-0.2, 0) is 11.2 Å². The molecule has 146 valence electrons. The van der Waals surface area contributed by atoms with E-state index in [1.807, 2.05) is 0 Å². The number of aryl methyl sites for hydroxylation is 1. The van der Waals surface area contributed by atoms with Crippen LogP contribution in [0.1, 0.15) is 66.3 Å². The van der Waals surface area contributed by atoms with E-state index >= 15 is 0 Å². The lowest BCUT2D eigenvalue weighted by Gasteiger charge is -2.20. The molecule has 1 saturated carbocycles. The third kappa shape index (κ3) is 4.64. The quantitative estimate of drug-likeness (QED) is 0.732. The Bertz CT molecular complexity index is 698. The van der Waals surface area contributed by atoms with Crippen LogP contribution in [0.2, 0.25) is 0 Å². The lowest BCUT2D eigenvalue weighted by atomic mass is 10.1. The zero-order valence-corrected chi connectivity index (χ0v) is 16.0. The fourth-order valence-electron chi connectivity index (χ4n) is 3.97. The summed E-state index contributed by atoms with van der Waals surface area (Å²) in [5.41, 5.74) is 1.42. The van der Waals surface area contributed by atoms with E-state index in [1.165, 1.54) is 25.9 Å². The number of carbonyl (C=O) groups excluding carboxylic acids is 2. The summed E-state index contributed by atoms with van der Waals surface area (Å²) in [6.07, 6.45) is 9.12. The molecule has 0 aromatic carbocycles. The van der Waals surface area contributed by atoms with Crippen LogP contribution in [0.5, 0.6) is 0 Å². The van der Waals surface area contributed by atoms with Crippen LogP contribution in [0, 0.1) is 0 Å². The van der Waals surface area contributed by atoms with Gasteiger partial charge in [-0.25, -0.2) is 9.97 Å². The molecule has 3 aliphatic rings. The minimum absolute atomic E-state index is 0.0799. The number of nitrogens with zero attached hydrogens (tertiary/aromatic N) is 4. The Balaban J connectivity index is 1.28. The lowest BCUT2D eigenvalue weighted by Crippen LogP contribution is -2.41. The predicted molar refractivity (Wildman–Crippen MR) is 102 cm³/mol. The molecule has 4 rings (SSSR count). The monoisotopic (exact) mass is 371 g/mol. The molecule has 7 nitrogen and oxygen atoms in total. The zero-order chi connectivity index (χ0) is 18.6. The molecule has 3 heterocycles. The minimum atomic E-state index is -0.114. The van der Waals surface area contributed by atoms with Crippen molar-refractivity contribution < 1.29 is 9.59 Å². The summed E-state index contributed by atoms with van der Waals surface area (Å²) in [4.78, 5) is 38.2.